The lowest BCUT2D eigenvalue weighted by atomic mass is 10.3. The van der Waals surface area contributed by atoms with Crippen molar-refractivity contribution in [2.75, 3.05) is 0 Å². The fraction of sp³-hybridized carbons (Fsp3) is 0.182. The predicted octanol–water partition coefficient (Wildman–Crippen LogP) is 3.30. The fourth-order valence-corrected chi connectivity index (χ4v) is 2.58. The van der Waals surface area contributed by atoms with Crippen molar-refractivity contribution in [1.29, 1.82) is 0 Å². The van der Waals surface area contributed by atoms with Gasteiger partial charge in [-0.05, 0) is 36.2 Å². The molecule has 2 aromatic heterocycles. The maximum atomic E-state index is 5.94. The number of hydrogen-bond acceptors (Lipinski definition) is 4. The van der Waals surface area contributed by atoms with Gasteiger partial charge in [-0.3, -0.25) is 0 Å². The van der Waals surface area contributed by atoms with Crippen LogP contribution in [0.5, 0.6) is 0 Å². The standard InChI is InChI=1S/C11H9ClN4S/c1-2-7-10(17-16-15-7)11-13-8-4-3-6(12)5-9(8)14-11/h3-5H,2H2,1H3,(H,13,14). The average molecular weight is 265 g/mol. The van der Waals surface area contributed by atoms with E-state index in [-0.39, 0.29) is 0 Å². The second-order valence-electron chi connectivity index (χ2n) is 3.65. The molecule has 0 saturated carbocycles. The van der Waals surface area contributed by atoms with Crippen LogP contribution in [0.4, 0.5) is 0 Å². The summed E-state index contributed by atoms with van der Waals surface area (Å²) < 4.78 is 3.96. The molecular formula is C11H9ClN4S. The van der Waals surface area contributed by atoms with Crippen molar-refractivity contribution in [2.24, 2.45) is 0 Å². The SMILES string of the molecule is CCc1nnsc1-c1nc2ccc(Cl)cc2[nH]1. The highest BCUT2D eigenvalue weighted by molar-refractivity contribution is 7.09. The van der Waals surface area contributed by atoms with Gasteiger partial charge < -0.3 is 4.98 Å². The van der Waals surface area contributed by atoms with E-state index in [9.17, 15) is 0 Å². The molecule has 0 atom stereocenters. The number of aromatic amines is 1. The minimum atomic E-state index is 0.700. The second kappa shape index (κ2) is 4.09. The number of aromatic nitrogens is 4. The van der Waals surface area contributed by atoms with Crippen LogP contribution in [0.3, 0.4) is 0 Å². The molecule has 0 amide bonds. The third-order valence-electron chi connectivity index (χ3n) is 2.55. The molecule has 86 valence electrons. The Bertz CT molecular complexity index is 673. The van der Waals surface area contributed by atoms with Crippen molar-refractivity contribution in [2.45, 2.75) is 13.3 Å². The minimum Gasteiger partial charge on any atom is -0.337 e. The number of H-pyrrole nitrogens is 1. The molecule has 1 N–H and O–H groups in total. The van der Waals surface area contributed by atoms with Crippen LogP contribution in [0.25, 0.3) is 21.7 Å². The Morgan fingerprint density at radius 3 is 3.12 bits per heavy atom. The highest BCUT2D eigenvalue weighted by Crippen LogP contribution is 2.27. The van der Waals surface area contributed by atoms with Gasteiger partial charge in [-0.2, -0.15) is 0 Å². The van der Waals surface area contributed by atoms with E-state index < -0.39 is 0 Å². The number of aryl methyl sites for hydroxylation is 1. The smallest absolute Gasteiger partial charge is 0.152 e. The molecule has 0 unspecified atom stereocenters. The van der Waals surface area contributed by atoms with E-state index in [2.05, 4.69) is 26.5 Å². The van der Waals surface area contributed by atoms with Crippen molar-refractivity contribution in [3.8, 4) is 10.7 Å². The second-order valence-corrected chi connectivity index (χ2v) is 4.84. The number of fused-ring (bicyclic) bond motifs is 1. The normalized spacial score (nSPS) is 11.2. The molecule has 0 spiro atoms. The lowest BCUT2D eigenvalue weighted by Gasteiger charge is -1.91. The summed E-state index contributed by atoms with van der Waals surface area (Å²) in [6, 6.07) is 5.60. The topological polar surface area (TPSA) is 54.5 Å². The Morgan fingerprint density at radius 2 is 2.29 bits per heavy atom. The Balaban J connectivity index is 2.18. The van der Waals surface area contributed by atoms with Gasteiger partial charge in [0.1, 0.15) is 4.88 Å². The molecule has 0 aliphatic rings. The van der Waals surface area contributed by atoms with Crippen LogP contribution in [-0.2, 0) is 6.42 Å². The van der Waals surface area contributed by atoms with Crippen LogP contribution in [0, 0.1) is 0 Å². The van der Waals surface area contributed by atoms with Crippen LogP contribution in [-0.4, -0.2) is 19.6 Å². The van der Waals surface area contributed by atoms with Crippen molar-refractivity contribution < 1.29 is 0 Å². The molecule has 6 heteroatoms. The number of benzene rings is 1. The number of imidazole rings is 1. The molecule has 0 radical (unpaired) electrons. The summed E-state index contributed by atoms with van der Waals surface area (Å²) in [5.74, 6) is 0.814. The van der Waals surface area contributed by atoms with E-state index in [1.807, 2.05) is 18.2 Å². The first-order chi connectivity index (χ1) is 8.28. The lowest BCUT2D eigenvalue weighted by Crippen LogP contribution is -1.85. The number of rotatable bonds is 2. The van der Waals surface area contributed by atoms with E-state index in [1.165, 1.54) is 11.5 Å². The van der Waals surface area contributed by atoms with Crippen LogP contribution in [0.1, 0.15) is 12.6 Å². The van der Waals surface area contributed by atoms with Crippen molar-refractivity contribution in [3.63, 3.8) is 0 Å². The van der Waals surface area contributed by atoms with E-state index in [1.54, 1.807) is 0 Å². The van der Waals surface area contributed by atoms with Gasteiger partial charge in [-0.25, -0.2) is 4.98 Å². The molecule has 3 rings (SSSR count). The van der Waals surface area contributed by atoms with Gasteiger partial charge in [0.05, 0.1) is 16.7 Å². The van der Waals surface area contributed by atoms with E-state index in [0.717, 1.165) is 33.8 Å². The number of halogens is 1. The maximum absolute atomic E-state index is 5.94. The van der Waals surface area contributed by atoms with Crippen molar-refractivity contribution in [3.05, 3.63) is 28.9 Å². The first-order valence-corrected chi connectivity index (χ1v) is 6.40. The predicted molar refractivity (Wildman–Crippen MR) is 69.4 cm³/mol. The molecule has 0 bridgehead atoms. The summed E-state index contributed by atoms with van der Waals surface area (Å²) in [6.07, 6.45) is 0.851. The Kier molecular flexibility index (Phi) is 2.57. The zero-order valence-corrected chi connectivity index (χ0v) is 10.6. The van der Waals surface area contributed by atoms with Crippen LogP contribution >= 0.6 is 23.1 Å². The Hall–Kier alpha value is -1.46. The molecule has 0 aliphatic carbocycles. The highest BCUT2D eigenvalue weighted by Gasteiger charge is 2.12. The lowest BCUT2D eigenvalue weighted by molar-refractivity contribution is 0.990. The average Bonchev–Trinajstić information content (AvgIpc) is 2.93. The zero-order chi connectivity index (χ0) is 11.8. The van der Waals surface area contributed by atoms with Crippen LogP contribution in [0.15, 0.2) is 18.2 Å². The van der Waals surface area contributed by atoms with Gasteiger partial charge in [-0.15, -0.1) is 5.10 Å². The Morgan fingerprint density at radius 1 is 1.41 bits per heavy atom. The van der Waals surface area contributed by atoms with Gasteiger partial charge >= 0.3 is 0 Å². The van der Waals surface area contributed by atoms with E-state index in [4.69, 9.17) is 11.6 Å². The third kappa shape index (κ3) is 1.81. The van der Waals surface area contributed by atoms with Gasteiger partial charge in [0.25, 0.3) is 0 Å². The summed E-state index contributed by atoms with van der Waals surface area (Å²) >= 11 is 7.30. The van der Waals surface area contributed by atoms with Crippen LogP contribution < -0.4 is 0 Å². The van der Waals surface area contributed by atoms with E-state index >= 15 is 0 Å². The first-order valence-electron chi connectivity index (χ1n) is 5.25. The molecule has 1 aromatic carbocycles. The summed E-state index contributed by atoms with van der Waals surface area (Å²) in [4.78, 5) is 8.77. The monoisotopic (exact) mass is 264 g/mol. The molecule has 2 heterocycles. The number of nitrogens with zero attached hydrogens (tertiary/aromatic N) is 3. The third-order valence-corrected chi connectivity index (χ3v) is 3.56. The number of nitrogens with one attached hydrogen (secondary N) is 1. The fourth-order valence-electron chi connectivity index (χ4n) is 1.71. The van der Waals surface area contributed by atoms with E-state index in [0.29, 0.717) is 5.02 Å². The molecule has 3 aromatic rings. The largest absolute Gasteiger partial charge is 0.337 e. The molecule has 17 heavy (non-hydrogen) atoms. The van der Waals surface area contributed by atoms with Gasteiger partial charge in [0.2, 0.25) is 0 Å². The minimum absolute atomic E-state index is 0.700. The highest BCUT2D eigenvalue weighted by atomic mass is 35.5. The molecule has 4 nitrogen and oxygen atoms in total. The summed E-state index contributed by atoms with van der Waals surface area (Å²) in [6.45, 7) is 2.06. The van der Waals surface area contributed by atoms with Crippen LogP contribution in [0.2, 0.25) is 5.02 Å². The zero-order valence-electron chi connectivity index (χ0n) is 9.07. The molecule has 0 aliphatic heterocycles. The first kappa shape index (κ1) is 10.7. The summed E-state index contributed by atoms with van der Waals surface area (Å²) in [7, 11) is 0. The van der Waals surface area contributed by atoms with Crippen molar-refractivity contribution in [1.82, 2.24) is 19.6 Å². The number of hydrogen-bond donors (Lipinski definition) is 1. The van der Waals surface area contributed by atoms with Crippen molar-refractivity contribution >= 4 is 34.2 Å². The molecule has 0 fully saturated rings. The quantitative estimate of drug-likeness (QED) is 0.773. The van der Waals surface area contributed by atoms with Gasteiger partial charge in [-0.1, -0.05) is 23.0 Å². The molecule has 0 saturated heterocycles. The summed E-state index contributed by atoms with van der Waals surface area (Å²) in [5, 5.41) is 4.78. The summed E-state index contributed by atoms with van der Waals surface area (Å²) in [5.41, 5.74) is 2.81. The van der Waals surface area contributed by atoms with Gasteiger partial charge in [0, 0.05) is 5.02 Å². The van der Waals surface area contributed by atoms with Gasteiger partial charge in [0.15, 0.2) is 5.82 Å². The molecular weight excluding hydrogens is 256 g/mol. The Labute approximate surface area is 107 Å². The maximum Gasteiger partial charge on any atom is 0.152 e.